The molecule has 1 aliphatic rings. The van der Waals surface area contributed by atoms with E-state index in [1.54, 1.807) is 12.1 Å². The largest absolute Gasteiger partial charge is 0.459 e. The minimum Gasteiger partial charge on any atom is -0.459 e. The number of hydrogen-bond acceptors (Lipinski definition) is 7. The zero-order chi connectivity index (χ0) is 19.9. The van der Waals surface area contributed by atoms with Crippen molar-refractivity contribution < 1.29 is 22.0 Å². The van der Waals surface area contributed by atoms with Crippen molar-refractivity contribution in [3.8, 4) is 11.7 Å². The summed E-state index contributed by atoms with van der Waals surface area (Å²) in [5.41, 5.74) is 0. The Morgan fingerprint density at radius 2 is 1.79 bits per heavy atom. The van der Waals surface area contributed by atoms with E-state index in [9.17, 15) is 8.42 Å². The summed E-state index contributed by atoms with van der Waals surface area (Å²) >= 11 is 5.90. The molecule has 2 aromatic heterocycles. The molecule has 1 saturated heterocycles. The van der Waals surface area contributed by atoms with Gasteiger partial charge in [-0.25, -0.2) is 8.42 Å². The van der Waals surface area contributed by atoms with Gasteiger partial charge in [-0.15, -0.1) is 0 Å². The summed E-state index contributed by atoms with van der Waals surface area (Å²) in [6.45, 7) is 4.83. The van der Waals surface area contributed by atoms with Crippen molar-refractivity contribution in [3.63, 3.8) is 0 Å². The molecule has 3 heterocycles. The first-order valence-electron chi connectivity index (χ1n) is 8.80. The Kier molecular flexibility index (Phi) is 4.95. The normalized spacial score (nSPS) is 20.5. The minimum absolute atomic E-state index is 0.0769. The fraction of sp³-hybridized carbons (Fsp3) is 0.316. The van der Waals surface area contributed by atoms with E-state index < -0.39 is 9.84 Å². The number of sulfone groups is 1. The van der Waals surface area contributed by atoms with Crippen LogP contribution in [-0.4, -0.2) is 38.7 Å². The highest BCUT2D eigenvalue weighted by molar-refractivity contribution is 7.91. The molecule has 0 N–H and O–H groups in total. The van der Waals surface area contributed by atoms with Crippen molar-refractivity contribution in [2.24, 2.45) is 0 Å². The van der Waals surface area contributed by atoms with Crippen molar-refractivity contribution in [1.82, 2.24) is 4.98 Å². The molecule has 28 heavy (non-hydrogen) atoms. The number of nitrogens with zero attached hydrogens (tertiary/aromatic N) is 2. The molecule has 1 aliphatic heterocycles. The summed E-state index contributed by atoms with van der Waals surface area (Å²) in [6, 6.07) is 9.31. The number of rotatable bonds is 4. The van der Waals surface area contributed by atoms with Gasteiger partial charge in [-0.1, -0.05) is 11.6 Å². The second kappa shape index (κ2) is 7.27. The third kappa shape index (κ3) is 3.55. The first kappa shape index (κ1) is 19.0. The van der Waals surface area contributed by atoms with Crippen molar-refractivity contribution in [1.29, 1.82) is 0 Å². The van der Waals surface area contributed by atoms with Crippen LogP contribution >= 0.6 is 11.6 Å². The van der Waals surface area contributed by atoms with E-state index in [0.29, 0.717) is 23.9 Å². The molecule has 0 bridgehead atoms. The zero-order valence-electron chi connectivity index (χ0n) is 15.3. The Morgan fingerprint density at radius 1 is 1.11 bits per heavy atom. The second-order valence-corrected chi connectivity index (χ2v) is 9.03. The maximum atomic E-state index is 13.3. The Morgan fingerprint density at radius 3 is 2.39 bits per heavy atom. The number of oxazole rings is 1. The molecule has 4 rings (SSSR count). The first-order chi connectivity index (χ1) is 13.3. The van der Waals surface area contributed by atoms with Gasteiger partial charge in [0.25, 0.3) is 5.89 Å². The van der Waals surface area contributed by atoms with Crippen molar-refractivity contribution in [3.05, 3.63) is 47.7 Å². The maximum absolute atomic E-state index is 13.3. The lowest BCUT2D eigenvalue weighted by Gasteiger charge is -2.35. The Bertz CT molecular complexity index is 1050. The number of ether oxygens (including phenoxy) is 1. The van der Waals surface area contributed by atoms with E-state index in [1.807, 2.05) is 18.7 Å². The van der Waals surface area contributed by atoms with Crippen molar-refractivity contribution in [2.75, 3.05) is 18.0 Å². The lowest BCUT2D eigenvalue weighted by atomic mass is 10.2. The van der Waals surface area contributed by atoms with E-state index in [0.717, 1.165) is 0 Å². The smallest absolute Gasteiger partial charge is 0.266 e. The number of furan rings is 1. The predicted octanol–water partition coefficient (Wildman–Crippen LogP) is 4.03. The van der Waals surface area contributed by atoms with Gasteiger partial charge in [0.05, 0.1) is 23.4 Å². The standard InChI is InChI=1S/C19H19ClN2O5S/c1-12-10-22(11-13(2)26-12)19-18(21-17(27-19)16-4-3-9-25-16)28(23,24)15-7-5-14(20)6-8-15/h3-9,12-13H,10-11H2,1-2H3/t12-,13+. The zero-order valence-corrected chi connectivity index (χ0v) is 16.9. The highest BCUT2D eigenvalue weighted by Gasteiger charge is 2.34. The summed E-state index contributed by atoms with van der Waals surface area (Å²) in [4.78, 5) is 6.22. The van der Waals surface area contributed by atoms with Crippen LogP contribution in [0.1, 0.15) is 13.8 Å². The van der Waals surface area contributed by atoms with Gasteiger partial charge < -0.3 is 18.5 Å². The number of hydrogen-bond donors (Lipinski definition) is 0. The molecule has 0 radical (unpaired) electrons. The number of aromatic nitrogens is 1. The summed E-state index contributed by atoms with van der Waals surface area (Å²) in [6.07, 6.45) is 1.32. The van der Waals surface area contributed by atoms with E-state index in [4.69, 9.17) is 25.2 Å². The average Bonchev–Trinajstić information content (AvgIpc) is 3.31. The molecular formula is C19H19ClN2O5S. The molecule has 7 nitrogen and oxygen atoms in total. The molecule has 0 aliphatic carbocycles. The van der Waals surface area contributed by atoms with Crippen LogP contribution in [0.2, 0.25) is 5.02 Å². The van der Waals surface area contributed by atoms with Crippen molar-refractivity contribution >= 4 is 27.3 Å². The van der Waals surface area contributed by atoms with E-state index in [1.165, 1.54) is 30.5 Å². The van der Waals surface area contributed by atoms with Crippen LogP contribution in [-0.2, 0) is 14.6 Å². The van der Waals surface area contributed by atoms with Gasteiger partial charge >= 0.3 is 0 Å². The van der Waals surface area contributed by atoms with E-state index in [2.05, 4.69) is 4.98 Å². The van der Waals surface area contributed by atoms with Gasteiger partial charge in [-0.05, 0) is 50.2 Å². The Labute approximate surface area is 167 Å². The fourth-order valence-electron chi connectivity index (χ4n) is 3.25. The molecule has 0 amide bonds. The van der Waals surface area contributed by atoms with Crippen LogP contribution in [0.5, 0.6) is 0 Å². The molecule has 0 spiro atoms. The van der Waals surface area contributed by atoms with Crippen LogP contribution in [0, 0.1) is 0 Å². The quantitative estimate of drug-likeness (QED) is 0.627. The molecule has 3 aromatic rings. The van der Waals surface area contributed by atoms with Gasteiger partial charge in [0.2, 0.25) is 20.7 Å². The summed E-state index contributed by atoms with van der Waals surface area (Å²) in [5.74, 6) is 0.649. The first-order valence-corrected chi connectivity index (χ1v) is 10.7. The fourth-order valence-corrected chi connectivity index (χ4v) is 4.70. The van der Waals surface area contributed by atoms with Crippen LogP contribution in [0.15, 0.2) is 61.4 Å². The average molecular weight is 423 g/mol. The van der Waals surface area contributed by atoms with Crippen molar-refractivity contribution in [2.45, 2.75) is 36.0 Å². The topological polar surface area (TPSA) is 85.8 Å². The monoisotopic (exact) mass is 422 g/mol. The Balaban J connectivity index is 1.84. The minimum atomic E-state index is -3.93. The maximum Gasteiger partial charge on any atom is 0.266 e. The van der Waals surface area contributed by atoms with Gasteiger partial charge in [-0.3, -0.25) is 0 Å². The van der Waals surface area contributed by atoms with Gasteiger partial charge in [-0.2, -0.15) is 4.98 Å². The third-order valence-electron chi connectivity index (χ3n) is 4.40. The molecule has 1 aromatic carbocycles. The van der Waals surface area contributed by atoms with E-state index >= 15 is 0 Å². The SMILES string of the molecule is C[C@@H]1CN(c2oc(-c3ccco3)nc2S(=O)(=O)c2ccc(Cl)cc2)C[C@H](C)O1. The van der Waals surface area contributed by atoms with Crippen LogP contribution < -0.4 is 4.90 Å². The number of halogens is 1. The Hall–Kier alpha value is -2.29. The highest BCUT2D eigenvalue weighted by atomic mass is 35.5. The van der Waals surface area contributed by atoms with Gasteiger partial charge in [0.15, 0.2) is 5.76 Å². The lowest BCUT2D eigenvalue weighted by molar-refractivity contribution is -0.00657. The molecular weight excluding hydrogens is 404 g/mol. The van der Waals surface area contributed by atoms with Crippen LogP contribution in [0.3, 0.4) is 0 Å². The highest BCUT2D eigenvalue weighted by Crippen LogP contribution is 2.36. The second-order valence-electron chi connectivity index (χ2n) is 6.73. The number of benzene rings is 1. The summed E-state index contributed by atoms with van der Waals surface area (Å²) in [7, 11) is -3.93. The molecule has 148 valence electrons. The molecule has 9 heteroatoms. The molecule has 0 unspecified atom stereocenters. The number of anilines is 1. The number of morpholine rings is 1. The molecule has 0 saturated carbocycles. The third-order valence-corrected chi connectivity index (χ3v) is 6.32. The van der Waals surface area contributed by atoms with Gasteiger partial charge in [0.1, 0.15) is 0 Å². The van der Waals surface area contributed by atoms with Crippen LogP contribution in [0.25, 0.3) is 11.7 Å². The summed E-state index contributed by atoms with van der Waals surface area (Å²) in [5, 5.41) is 0.300. The molecule has 1 fully saturated rings. The predicted molar refractivity (Wildman–Crippen MR) is 103 cm³/mol. The molecule has 2 atom stereocenters. The van der Waals surface area contributed by atoms with Crippen LogP contribution in [0.4, 0.5) is 5.88 Å². The summed E-state index contributed by atoms with van der Waals surface area (Å²) < 4.78 is 43.6. The lowest BCUT2D eigenvalue weighted by Crippen LogP contribution is -2.45. The van der Waals surface area contributed by atoms with Gasteiger partial charge in [0, 0.05) is 18.1 Å². The van der Waals surface area contributed by atoms with E-state index in [-0.39, 0.29) is 33.9 Å².